The topological polar surface area (TPSA) is 46.5 Å². The third-order valence-electron chi connectivity index (χ3n) is 9.55. The standard InChI is InChI=1S/C40H18F12N4/c41-37(42,43)21-2-7-32-27(13-21)28-14-22(38(44,45)46)3-8-33(28)55(32)25-6-1-20(18-53)26(17-25)31-19-54-12-11-36(31)56-34-9-4-23(39(47,48)49)15-29(34)30-16-24(40(50,51)52)5-10-35(30)56/h1-17,19H. The Labute approximate surface area is 306 Å². The van der Waals surface area contributed by atoms with Crippen molar-refractivity contribution in [2.75, 3.05) is 0 Å². The van der Waals surface area contributed by atoms with Crippen LogP contribution in [0.1, 0.15) is 27.8 Å². The summed E-state index contributed by atoms with van der Waals surface area (Å²) in [6, 6.07) is 18.3. The smallest absolute Gasteiger partial charge is 0.309 e. The monoisotopic (exact) mass is 782 g/mol. The number of benzene rings is 5. The molecule has 0 N–H and O–H groups in total. The van der Waals surface area contributed by atoms with E-state index in [9.17, 15) is 57.9 Å². The summed E-state index contributed by atoms with van der Waals surface area (Å²) < 4.78 is 169. The number of rotatable bonds is 3. The van der Waals surface area contributed by atoms with Crippen LogP contribution in [0.5, 0.6) is 0 Å². The number of nitrogens with zero attached hydrogens (tertiary/aromatic N) is 4. The number of alkyl halides is 12. The van der Waals surface area contributed by atoms with E-state index >= 15 is 0 Å². The molecule has 0 amide bonds. The average molecular weight is 783 g/mol. The highest BCUT2D eigenvalue weighted by molar-refractivity contribution is 6.11. The number of halogens is 12. The van der Waals surface area contributed by atoms with Gasteiger partial charge in [0.1, 0.15) is 0 Å². The van der Waals surface area contributed by atoms with Gasteiger partial charge in [0.25, 0.3) is 0 Å². The van der Waals surface area contributed by atoms with Crippen molar-refractivity contribution in [2.24, 2.45) is 0 Å². The summed E-state index contributed by atoms with van der Waals surface area (Å²) in [6.07, 6.45) is -16.7. The van der Waals surface area contributed by atoms with Crippen LogP contribution in [-0.2, 0) is 24.7 Å². The van der Waals surface area contributed by atoms with Gasteiger partial charge in [0.05, 0.1) is 61.6 Å². The fourth-order valence-electron chi connectivity index (χ4n) is 7.07. The van der Waals surface area contributed by atoms with E-state index in [0.29, 0.717) is 0 Å². The molecule has 0 aliphatic rings. The van der Waals surface area contributed by atoms with Crippen LogP contribution in [0.15, 0.2) is 109 Å². The van der Waals surface area contributed by atoms with Gasteiger partial charge in [-0.25, -0.2) is 0 Å². The van der Waals surface area contributed by atoms with Crippen molar-refractivity contribution in [2.45, 2.75) is 24.7 Å². The number of fused-ring (bicyclic) bond motifs is 6. The molecule has 0 fully saturated rings. The molecule has 0 radical (unpaired) electrons. The fraction of sp³-hybridized carbons (Fsp3) is 0.100. The Hall–Kier alpha value is -6.50. The van der Waals surface area contributed by atoms with Gasteiger partial charge in [-0.05, 0) is 97.1 Å². The lowest BCUT2D eigenvalue weighted by Crippen LogP contribution is -2.05. The van der Waals surface area contributed by atoms with E-state index in [1.165, 1.54) is 45.8 Å². The molecule has 56 heavy (non-hydrogen) atoms. The van der Waals surface area contributed by atoms with Crippen LogP contribution in [-0.4, -0.2) is 14.1 Å². The molecule has 0 atom stereocenters. The van der Waals surface area contributed by atoms with Gasteiger partial charge in [-0.1, -0.05) is 0 Å². The second-order valence-electron chi connectivity index (χ2n) is 12.8. The first-order valence-corrected chi connectivity index (χ1v) is 16.2. The normalized spacial score (nSPS) is 13.0. The lowest BCUT2D eigenvalue weighted by Gasteiger charge is -2.17. The molecule has 0 saturated heterocycles. The number of hydrogen-bond acceptors (Lipinski definition) is 2. The number of hydrogen-bond donors (Lipinski definition) is 0. The van der Waals surface area contributed by atoms with Crippen LogP contribution in [0.4, 0.5) is 52.7 Å². The molecule has 282 valence electrons. The van der Waals surface area contributed by atoms with Crippen LogP contribution in [0.25, 0.3) is 66.1 Å². The first-order chi connectivity index (χ1) is 26.3. The Morgan fingerprint density at radius 1 is 0.446 bits per heavy atom. The third kappa shape index (κ3) is 5.94. The molecule has 0 spiro atoms. The summed E-state index contributed by atoms with van der Waals surface area (Å²) in [6.45, 7) is 0. The second kappa shape index (κ2) is 12.3. The van der Waals surface area contributed by atoms with Crippen molar-refractivity contribution < 1.29 is 52.7 Å². The zero-order valence-electron chi connectivity index (χ0n) is 27.7. The summed E-state index contributed by atoms with van der Waals surface area (Å²) in [4.78, 5) is 4.18. The largest absolute Gasteiger partial charge is 0.416 e. The van der Waals surface area contributed by atoms with Gasteiger partial charge < -0.3 is 9.13 Å². The van der Waals surface area contributed by atoms with E-state index in [0.717, 1.165) is 72.8 Å². The third-order valence-corrected chi connectivity index (χ3v) is 9.55. The first-order valence-electron chi connectivity index (χ1n) is 16.2. The molecule has 0 unspecified atom stereocenters. The summed E-state index contributed by atoms with van der Waals surface area (Å²) in [5.74, 6) is 0. The van der Waals surface area contributed by atoms with Crippen LogP contribution in [0.3, 0.4) is 0 Å². The molecule has 3 aromatic heterocycles. The van der Waals surface area contributed by atoms with Crippen molar-refractivity contribution in [1.29, 1.82) is 5.26 Å². The van der Waals surface area contributed by atoms with Crippen molar-refractivity contribution in [3.63, 3.8) is 0 Å². The molecule has 16 heteroatoms. The summed E-state index contributed by atoms with van der Waals surface area (Å²) >= 11 is 0. The quantitative estimate of drug-likeness (QED) is 0.168. The van der Waals surface area contributed by atoms with E-state index in [4.69, 9.17) is 0 Å². The molecule has 3 heterocycles. The van der Waals surface area contributed by atoms with Gasteiger partial charge in [-0.15, -0.1) is 0 Å². The molecule has 4 nitrogen and oxygen atoms in total. The Morgan fingerprint density at radius 2 is 0.839 bits per heavy atom. The van der Waals surface area contributed by atoms with Crippen molar-refractivity contribution >= 4 is 43.6 Å². The molecule has 8 rings (SSSR count). The van der Waals surface area contributed by atoms with E-state index in [2.05, 4.69) is 4.98 Å². The molecular weight excluding hydrogens is 764 g/mol. The molecule has 0 bridgehead atoms. The van der Waals surface area contributed by atoms with E-state index in [-0.39, 0.29) is 71.7 Å². The first kappa shape index (κ1) is 36.5. The lowest BCUT2D eigenvalue weighted by molar-refractivity contribution is -0.138. The molecule has 0 aliphatic heterocycles. The molecule has 0 aliphatic carbocycles. The van der Waals surface area contributed by atoms with Crippen molar-refractivity contribution in [3.8, 4) is 28.6 Å². The van der Waals surface area contributed by atoms with Gasteiger partial charge >= 0.3 is 24.7 Å². The SMILES string of the molecule is N#Cc1ccc(-n2c3ccc(C(F)(F)F)cc3c3cc(C(F)(F)F)ccc32)cc1-c1cnccc1-n1c2ccc(C(F)(F)F)cc2c2cc(C(F)(F)F)ccc21. The van der Waals surface area contributed by atoms with E-state index in [1.54, 1.807) is 0 Å². The van der Waals surface area contributed by atoms with Crippen LogP contribution >= 0.6 is 0 Å². The minimum atomic E-state index is -4.83. The fourth-order valence-corrected chi connectivity index (χ4v) is 7.07. The highest BCUT2D eigenvalue weighted by Crippen LogP contribution is 2.44. The molecule has 5 aromatic carbocycles. The zero-order chi connectivity index (χ0) is 40.1. The van der Waals surface area contributed by atoms with Crippen LogP contribution in [0.2, 0.25) is 0 Å². The molecular formula is C40H18F12N4. The molecule has 0 saturated carbocycles. The highest BCUT2D eigenvalue weighted by Gasteiger charge is 2.35. The predicted molar refractivity (Wildman–Crippen MR) is 183 cm³/mol. The van der Waals surface area contributed by atoms with Crippen molar-refractivity contribution in [1.82, 2.24) is 14.1 Å². The van der Waals surface area contributed by atoms with Crippen LogP contribution < -0.4 is 0 Å². The lowest BCUT2D eigenvalue weighted by atomic mass is 9.99. The number of nitriles is 1. The summed E-state index contributed by atoms with van der Waals surface area (Å²) in [5.41, 5.74) is -3.36. The maximum absolute atomic E-state index is 13.8. The average Bonchev–Trinajstić information content (AvgIpc) is 3.64. The minimum absolute atomic E-state index is 0.0157. The van der Waals surface area contributed by atoms with E-state index < -0.39 is 47.0 Å². The maximum Gasteiger partial charge on any atom is 0.416 e. The Bertz CT molecular complexity index is 2790. The maximum atomic E-state index is 13.8. The van der Waals surface area contributed by atoms with Gasteiger partial charge in [0, 0.05) is 50.8 Å². The van der Waals surface area contributed by atoms with Gasteiger partial charge in [-0.2, -0.15) is 57.9 Å². The zero-order valence-corrected chi connectivity index (χ0v) is 27.7. The van der Waals surface area contributed by atoms with Crippen LogP contribution in [0, 0.1) is 11.3 Å². The highest BCUT2D eigenvalue weighted by atomic mass is 19.4. The van der Waals surface area contributed by atoms with Crippen molar-refractivity contribution in [3.05, 3.63) is 137 Å². The summed E-state index contributed by atoms with van der Waals surface area (Å²) in [5, 5.41) is 9.63. The Balaban J connectivity index is 1.40. The number of aromatic nitrogens is 3. The van der Waals surface area contributed by atoms with Gasteiger partial charge in [0.15, 0.2) is 0 Å². The summed E-state index contributed by atoms with van der Waals surface area (Å²) in [7, 11) is 0. The van der Waals surface area contributed by atoms with Gasteiger partial charge in [-0.3, -0.25) is 4.98 Å². The van der Waals surface area contributed by atoms with E-state index in [1.807, 2.05) is 6.07 Å². The minimum Gasteiger partial charge on any atom is -0.309 e. The number of pyridine rings is 1. The molecule has 8 aromatic rings. The Morgan fingerprint density at radius 3 is 1.21 bits per heavy atom. The Kier molecular flexibility index (Phi) is 7.98. The predicted octanol–water partition coefficient (Wildman–Crippen LogP) is 12.9. The second-order valence-corrected chi connectivity index (χ2v) is 12.8. The van der Waals surface area contributed by atoms with Gasteiger partial charge in [0.2, 0.25) is 0 Å².